The van der Waals surface area contributed by atoms with Crippen LogP contribution in [-0.2, 0) is 0 Å². The van der Waals surface area contributed by atoms with E-state index in [1.54, 1.807) is 4.90 Å². The molecule has 0 spiro atoms. The van der Waals surface area contributed by atoms with Gasteiger partial charge in [-0.1, -0.05) is 6.07 Å². The molecule has 1 fully saturated rings. The van der Waals surface area contributed by atoms with Crippen LogP contribution in [0.3, 0.4) is 0 Å². The highest BCUT2D eigenvalue weighted by atomic mass is 16.3. The van der Waals surface area contributed by atoms with Gasteiger partial charge < -0.3 is 10.0 Å². The first-order valence-electron chi connectivity index (χ1n) is 5.59. The standard InChI is InChI=1S/C13H17NO2/c1-9-3-4-12(5-10(9)2)13(16)14-6-11(7-14)8-15/h3-5,11,15H,6-8H2,1-2H3. The zero-order valence-corrected chi connectivity index (χ0v) is 9.73. The van der Waals surface area contributed by atoms with E-state index in [1.165, 1.54) is 5.56 Å². The molecule has 2 rings (SSSR count). The Bertz CT molecular complexity index is 408. The second kappa shape index (κ2) is 4.26. The zero-order valence-electron chi connectivity index (χ0n) is 9.73. The summed E-state index contributed by atoms with van der Waals surface area (Å²) in [6.45, 7) is 5.59. The van der Waals surface area contributed by atoms with Crippen LogP contribution < -0.4 is 0 Å². The number of rotatable bonds is 2. The molecule has 1 amide bonds. The summed E-state index contributed by atoms with van der Waals surface area (Å²) >= 11 is 0. The molecule has 0 saturated carbocycles. The lowest BCUT2D eigenvalue weighted by Crippen LogP contribution is -2.51. The smallest absolute Gasteiger partial charge is 0.253 e. The van der Waals surface area contributed by atoms with Crippen LogP contribution >= 0.6 is 0 Å². The second-order valence-corrected chi connectivity index (χ2v) is 4.56. The monoisotopic (exact) mass is 219 g/mol. The van der Waals surface area contributed by atoms with Crippen LogP contribution in [0.4, 0.5) is 0 Å². The van der Waals surface area contributed by atoms with Crippen LogP contribution in [-0.4, -0.2) is 35.6 Å². The van der Waals surface area contributed by atoms with Gasteiger partial charge in [-0.05, 0) is 37.1 Å². The van der Waals surface area contributed by atoms with Crippen molar-refractivity contribution in [2.75, 3.05) is 19.7 Å². The maximum absolute atomic E-state index is 12.0. The van der Waals surface area contributed by atoms with Gasteiger partial charge in [-0.25, -0.2) is 0 Å². The van der Waals surface area contributed by atoms with Crippen LogP contribution in [0.25, 0.3) is 0 Å². The van der Waals surface area contributed by atoms with Crippen molar-refractivity contribution < 1.29 is 9.90 Å². The summed E-state index contributed by atoms with van der Waals surface area (Å²) in [5.41, 5.74) is 3.10. The maximum atomic E-state index is 12.0. The van der Waals surface area contributed by atoms with Gasteiger partial charge in [-0.2, -0.15) is 0 Å². The molecular weight excluding hydrogens is 202 g/mol. The van der Waals surface area contributed by atoms with Gasteiger partial charge >= 0.3 is 0 Å². The summed E-state index contributed by atoms with van der Waals surface area (Å²) in [7, 11) is 0. The summed E-state index contributed by atoms with van der Waals surface area (Å²) in [4.78, 5) is 13.8. The van der Waals surface area contributed by atoms with E-state index in [0.717, 1.165) is 11.1 Å². The molecule has 3 heteroatoms. The zero-order chi connectivity index (χ0) is 11.7. The molecule has 0 bridgehead atoms. The van der Waals surface area contributed by atoms with Crippen LogP contribution in [0.1, 0.15) is 21.5 Å². The van der Waals surface area contributed by atoms with Gasteiger partial charge in [0.1, 0.15) is 0 Å². The number of benzene rings is 1. The molecule has 16 heavy (non-hydrogen) atoms. The van der Waals surface area contributed by atoms with Gasteiger partial charge in [0.2, 0.25) is 0 Å². The van der Waals surface area contributed by atoms with Gasteiger partial charge in [0.15, 0.2) is 0 Å². The van der Waals surface area contributed by atoms with E-state index in [-0.39, 0.29) is 18.4 Å². The third-order valence-corrected chi connectivity index (χ3v) is 3.26. The maximum Gasteiger partial charge on any atom is 0.253 e. The van der Waals surface area contributed by atoms with Crippen LogP contribution in [0.2, 0.25) is 0 Å². The summed E-state index contributed by atoms with van der Waals surface area (Å²) in [6, 6.07) is 5.78. The number of aryl methyl sites for hydroxylation is 2. The quantitative estimate of drug-likeness (QED) is 0.816. The second-order valence-electron chi connectivity index (χ2n) is 4.56. The largest absolute Gasteiger partial charge is 0.396 e. The fraction of sp³-hybridized carbons (Fsp3) is 0.462. The van der Waals surface area contributed by atoms with Crippen molar-refractivity contribution in [1.29, 1.82) is 0 Å². The van der Waals surface area contributed by atoms with Crippen molar-refractivity contribution in [3.05, 3.63) is 34.9 Å². The van der Waals surface area contributed by atoms with Crippen molar-refractivity contribution in [2.24, 2.45) is 5.92 Å². The number of carbonyl (C=O) groups excluding carboxylic acids is 1. The molecule has 1 saturated heterocycles. The molecule has 86 valence electrons. The summed E-state index contributed by atoms with van der Waals surface area (Å²) in [5.74, 6) is 0.350. The fourth-order valence-corrected chi connectivity index (χ4v) is 1.91. The average Bonchev–Trinajstić information content (AvgIpc) is 2.20. The molecule has 0 atom stereocenters. The molecule has 3 nitrogen and oxygen atoms in total. The Balaban J connectivity index is 2.07. The first kappa shape index (κ1) is 11.1. The highest BCUT2D eigenvalue weighted by molar-refractivity contribution is 5.95. The number of aliphatic hydroxyl groups is 1. The number of aliphatic hydroxyl groups excluding tert-OH is 1. The van der Waals surface area contributed by atoms with Crippen molar-refractivity contribution in [3.8, 4) is 0 Å². The molecule has 0 radical (unpaired) electrons. The summed E-state index contributed by atoms with van der Waals surface area (Å²) in [6.07, 6.45) is 0. The van der Waals surface area contributed by atoms with Crippen LogP contribution in [0.5, 0.6) is 0 Å². The predicted octanol–water partition coefficient (Wildman–Crippen LogP) is 1.37. The lowest BCUT2D eigenvalue weighted by molar-refractivity contribution is 0.0362. The van der Waals surface area contributed by atoms with Gasteiger partial charge in [0, 0.05) is 31.2 Å². The van der Waals surface area contributed by atoms with E-state index < -0.39 is 0 Å². The van der Waals surface area contributed by atoms with Crippen molar-refractivity contribution in [1.82, 2.24) is 4.90 Å². The van der Waals surface area contributed by atoms with Gasteiger partial charge in [0.05, 0.1) is 0 Å². The van der Waals surface area contributed by atoms with E-state index in [4.69, 9.17) is 5.11 Å². The lowest BCUT2D eigenvalue weighted by Gasteiger charge is -2.38. The fourth-order valence-electron chi connectivity index (χ4n) is 1.91. The van der Waals surface area contributed by atoms with Crippen molar-refractivity contribution in [3.63, 3.8) is 0 Å². The van der Waals surface area contributed by atoms with Gasteiger partial charge in [-0.15, -0.1) is 0 Å². The Kier molecular flexibility index (Phi) is 2.97. The minimum Gasteiger partial charge on any atom is -0.396 e. The number of likely N-dealkylation sites (tertiary alicyclic amines) is 1. The Morgan fingerprint density at radius 3 is 2.62 bits per heavy atom. The number of hydrogen-bond donors (Lipinski definition) is 1. The summed E-state index contributed by atoms with van der Waals surface area (Å²) in [5, 5.41) is 8.90. The molecule has 0 aliphatic carbocycles. The van der Waals surface area contributed by atoms with Crippen molar-refractivity contribution >= 4 is 5.91 Å². The molecular formula is C13H17NO2. The highest BCUT2D eigenvalue weighted by Gasteiger charge is 2.30. The SMILES string of the molecule is Cc1ccc(C(=O)N2CC(CO)C2)cc1C. The van der Waals surface area contributed by atoms with E-state index in [1.807, 2.05) is 32.0 Å². The molecule has 1 aliphatic heterocycles. The first-order valence-corrected chi connectivity index (χ1v) is 5.59. The molecule has 0 unspecified atom stereocenters. The molecule has 1 aliphatic rings. The lowest BCUT2D eigenvalue weighted by atomic mass is 9.99. The third kappa shape index (κ3) is 1.95. The Morgan fingerprint density at radius 2 is 2.06 bits per heavy atom. The number of amides is 1. The minimum atomic E-state index is 0.0767. The van der Waals surface area contributed by atoms with Crippen LogP contribution in [0.15, 0.2) is 18.2 Å². The molecule has 1 aromatic carbocycles. The minimum absolute atomic E-state index is 0.0767. The van der Waals surface area contributed by atoms with E-state index >= 15 is 0 Å². The third-order valence-electron chi connectivity index (χ3n) is 3.26. The van der Waals surface area contributed by atoms with E-state index in [9.17, 15) is 4.79 Å². The molecule has 1 heterocycles. The topological polar surface area (TPSA) is 40.5 Å². The van der Waals surface area contributed by atoms with E-state index in [2.05, 4.69) is 0 Å². The van der Waals surface area contributed by atoms with E-state index in [0.29, 0.717) is 13.1 Å². The van der Waals surface area contributed by atoms with Crippen molar-refractivity contribution in [2.45, 2.75) is 13.8 Å². The average molecular weight is 219 g/mol. The number of hydrogen-bond acceptors (Lipinski definition) is 2. The normalized spacial score (nSPS) is 16.1. The number of carbonyl (C=O) groups is 1. The number of nitrogens with zero attached hydrogens (tertiary/aromatic N) is 1. The molecule has 1 N–H and O–H groups in total. The Morgan fingerprint density at radius 1 is 1.38 bits per heavy atom. The predicted molar refractivity (Wildman–Crippen MR) is 62.4 cm³/mol. The highest BCUT2D eigenvalue weighted by Crippen LogP contribution is 2.19. The van der Waals surface area contributed by atoms with Gasteiger partial charge in [0.25, 0.3) is 5.91 Å². The molecule has 0 aromatic heterocycles. The molecule has 1 aromatic rings. The summed E-state index contributed by atoms with van der Waals surface area (Å²) < 4.78 is 0. The van der Waals surface area contributed by atoms with Gasteiger partial charge in [-0.3, -0.25) is 4.79 Å². The first-order chi connectivity index (χ1) is 7.61. The van der Waals surface area contributed by atoms with Crippen LogP contribution in [0, 0.1) is 19.8 Å². The Hall–Kier alpha value is -1.35. The Labute approximate surface area is 95.7 Å².